The van der Waals surface area contributed by atoms with Crippen LogP contribution in [0.2, 0.25) is 0 Å². The first-order valence-corrected chi connectivity index (χ1v) is 7.19. The number of fused-ring (bicyclic) bond motifs is 1. The molecule has 20 heavy (non-hydrogen) atoms. The van der Waals surface area contributed by atoms with E-state index in [4.69, 9.17) is 0 Å². The second kappa shape index (κ2) is 4.94. The van der Waals surface area contributed by atoms with Crippen molar-refractivity contribution < 1.29 is 9.18 Å². The first kappa shape index (κ1) is 13.2. The summed E-state index contributed by atoms with van der Waals surface area (Å²) in [7, 11) is 1.64. The van der Waals surface area contributed by atoms with Gasteiger partial charge in [-0.2, -0.15) is 0 Å². The van der Waals surface area contributed by atoms with Crippen LogP contribution in [0.3, 0.4) is 0 Å². The number of hydrogen-bond acceptors (Lipinski definition) is 3. The quantitative estimate of drug-likeness (QED) is 0.893. The van der Waals surface area contributed by atoms with E-state index in [0.29, 0.717) is 10.6 Å². The Labute approximate surface area is 119 Å². The molecule has 6 heteroatoms. The molecule has 0 saturated carbocycles. The number of carbonyl (C=O) groups is 1. The molecule has 0 spiro atoms. The van der Waals surface area contributed by atoms with E-state index in [2.05, 4.69) is 15.3 Å². The van der Waals surface area contributed by atoms with Gasteiger partial charge >= 0.3 is 0 Å². The maximum atomic E-state index is 14.0. The molecule has 1 aliphatic rings. The van der Waals surface area contributed by atoms with Gasteiger partial charge in [-0.05, 0) is 17.7 Å². The summed E-state index contributed by atoms with van der Waals surface area (Å²) >= 11 is 1.39. The molecule has 1 aliphatic heterocycles. The Morgan fingerprint density at radius 2 is 2.25 bits per heavy atom. The van der Waals surface area contributed by atoms with Crippen molar-refractivity contribution in [2.24, 2.45) is 4.99 Å². The molecule has 1 fully saturated rings. The van der Waals surface area contributed by atoms with Gasteiger partial charge in [-0.15, -0.1) is 0 Å². The van der Waals surface area contributed by atoms with E-state index in [1.165, 1.54) is 17.8 Å². The van der Waals surface area contributed by atoms with Gasteiger partial charge in [-0.3, -0.25) is 9.79 Å². The average molecular weight is 291 g/mol. The molecular weight excluding hydrogens is 277 g/mol. The number of aromatic amines is 1. The molecule has 0 bridgehead atoms. The summed E-state index contributed by atoms with van der Waals surface area (Å²) in [6.45, 7) is 1.94. The predicted molar refractivity (Wildman–Crippen MR) is 79.6 cm³/mol. The number of thioether (sulfide) groups is 1. The Morgan fingerprint density at radius 3 is 2.95 bits per heavy atom. The minimum atomic E-state index is -0.285. The Hall–Kier alpha value is -1.82. The number of H-pyrrole nitrogens is 1. The molecule has 1 saturated heterocycles. The number of carbonyl (C=O) groups excluding carboxylic acids is 1. The van der Waals surface area contributed by atoms with Crippen LogP contribution in [-0.2, 0) is 4.79 Å². The highest BCUT2D eigenvalue weighted by atomic mass is 32.2. The summed E-state index contributed by atoms with van der Waals surface area (Å²) < 4.78 is 14.0. The molecule has 1 aromatic heterocycles. The second-order valence-corrected chi connectivity index (χ2v) is 5.88. The number of aliphatic imine (C=N–C) groups is 1. The summed E-state index contributed by atoms with van der Waals surface area (Å²) in [5, 5.41) is 3.63. The summed E-state index contributed by atoms with van der Waals surface area (Å²) in [6.07, 6.45) is 1.79. The summed E-state index contributed by atoms with van der Waals surface area (Å²) in [4.78, 5) is 19.0. The Morgan fingerprint density at radius 1 is 1.45 bits per heavy atom. The molecule has 1 aromatic carbocycles. The molecule has 0 aliphatic carbocycles. The SMILES string of the molecule is CN=C1NC(=O)C(C(C)c2c[nH]c3cccc(F)c23)S1. The zero-order valence-corrected chi connectivity index (χ0v) is 11.9. The van der Waals surface area contributed by atoms with Crippen LogP contribution in [0.5, 0.6) is 0 Å². The summed E-state index contributed by atoms with van der Waals surface area (Å²) in [5.74, 6) is -0.447. The molecule has 2 N–H and O–H groups in total. The lowest BCUT2D eigenvalue weighted by atomic mass is 9.96. The van der Waals surface area contributed by atoms with Gasteiger partial charge in [-0.25, -0.2) is 4.39 Å². The van der Waals surface area contributed by atoms with Crippen molar-refractivity contribution >= 4 is 33.7 Å². The number of amides is 1. The third kappa shape index (κ3) is 2.00. The molecule has 1 amide bonds. The molecule has 2 heterocycles. The van der Waals surface area contributed by atoms with Gasteiger partial charge in [0.05, 0.1) is 5.25 Å². The molecule has 2 unspecified atom stereocenters. The van der Waals surface area contributed by atoms with Crippen LogP contribution in [0, 0.1) is 5.82 Å². The van der Waals surface area contributed by atoms with Gasteiger partial charge in [-0.1, -0.05) is 24.8 Å². The number of amidine groups is 1. The fraction of sp³-hybridized carbons (Fsp3) is 0.286. The highest BCUT2D eigenvalue weighted by molar-refractivity contribution is 8.15. The van der Waals surface area contributed by atoms with Crippen LogP contribution in [0.4, 0.5) is 4.39 Å². The lowest BCUT2D eigenvalue weighted by Crippen LogP contribution is -2.27. The Balaban J connectivity index is 2.01. The van der Waals surface area contributed by atoms with Crippen molar-refractivity contribution in [2.45, 2.75) is 18.1 Å². The largest absolute Gasteiger partial charge is 0.361 e. The van der Waals surface area contributed by atoms with E-state index in [1.807, 2.05) is 13.0 Å². The van der Waals surface area contributed by atoms with Crippen LogP contribution in [0.25, 0.3) is 10.9 Å². The van der Waals surface area contributed by atoms with E-state index < -0.39 is 0 Å². The van der Waals surface area contributed by atoms with Crippen LogP contribution in [0.1, 0.15) is 18.4 Å². The van der Waals surface area contributed by atoms with Crippen LogP contribution in [-0.4, -0.2) is 28.4 Å². The van der Waals surface area contributed by atoms with E-state index in [0.717, 1.165) is 11.1 Å². The zero-order valence-electron chi connectivity index (χ0n) is 11.1. The van der Waals surface area contributed by atoms with Crippen LogP contribution in [0.15, 0.2) is 29.4 Å². The first-order chi connectivity index (χ1) is 9.61. The number of halogens is 1. The van der Waals surface area contributed by atoms with E-state index in [1.54, 1.807) is 19.3 Å². The fourth-order valence-electron chi connectivity index (χ4n) is 2.51. The van der Waals surface area contributed by atoms with Gasteiger partial charge in [0.15, 0.2) is 5.17 Å². The normalized spacial score (nSPS) is 22.4. The first-order valence-electron chi connectivity index (χ1n) is 6.31. The average Bonchev–Trinajstić information content (AvgIpc) is 3.02. The predicted octanol–water partition coefficient (Wildman–Crippen LogP) is 2.63. The van der Waals surface area contributed by atoms with Gasteiger partial charge in [0.2, 0.25) is 5.91 Å². The molecule has 3 rings (SSSR count). The van der Waals surface area contributed by atoms with Crippen molar-refractivity contribution in [3.05, 3.63) is 35.8 Å². The van der Waals surface area contributed by atoms with Gasteiger partial charge < -0.3 is 10.3 Å². The topological polar surface area (TPSA) is 57.2 Å². The lowest BCUT2D eigenvalue weighted by molar-refractivity contribution is -0.119. The zero-order chi connectivity index (χ0) is 14.3. The summed E-state index contributed by atoms with van der Waals surface area (Å²) in [6, 6.07) is 4.93. The van der Waals surface area contributed by atoms with Crippen molar-refractivity contribution in [1.82, 2.24) is 10.3 Å². The minimum absolute atomic E-state index is 0.0752. The number of benzene rings is 1. The molecule has 104 valence electrons. The molecule has 2 atom stereocenters. The van der Waals surface area contributed by atoms with Gasteiger partial charge in [0.25, 0.3) is 0 Å². The maximum Gasteiger partial charge on any atom is 0.240 e. The highest BCUT2D eigenvalue weighted by Gasteiger charge is 2.36. The number of nitrogens with one attached hydrogen (secondary N) is 2. The number of hydrogen-bond donors (Lipinski definition) is 2. The van der Waals surface area contributed by atoms with Gasteiger partial charge in [0, 0.05) is 30.1 Å². The smallest absolute Gasteiger partial charge is 0.240 e. The van der Waals surface area contributed by atoms with E-state index in [-0.39, 0.29) is 22.9 Å². The Bertz CT molecular complexity index is 710. The second-order valence-electron chi connectivity index (χ2n) is 4.75. The third-order valence-corrected chi connectivity index (χ3v) is 4.94. The lowest BCUT2D eigenvalue weighted by Gasteiger charge is -2.15. The monoisotopic (exact) mass is 291 g/mol. The van der Waals surface area contributed by atoms with Crippen LogP contribution < -0.4 is 5.32 Å². The fourth-order valence-corrected chi connectivity index (χ4v) is 3.53. The minimum Gasteiger partial charge on any atom is -0.361 e. The number of aromatic nitrogens is 1. The van der Waals surface area contributed by atoms with Crippen molar-refractivity contribution in [2.75, 3.05) is 7.05 Å². The highest BCUT2D eigenvalue weighted by Crippen LogP contribution is 2.36. The molecule has 4 nitrogen and oxygen atoms in total. The van der Waals surface area contributed by atoms with Crippen molar-refractivity contribution in [3.63, 3.8) is 0 Å². The Kier molecular flexibility index (Phi) is 3.25. The van der Waals surface area contributed by atoms with E-state index >= 15 is 0 Å². The molecule has 2 aromatic rings. The maximum absolute atomic E-state index is 14.0. The van der Waals surface area contributed by atoms with Crippen LogP contribution >= 0.6 is 11.8 Å². The molecule has 0 radical (unpaired) electrons. The third-order valence-electron chi connectivity index (χ3n) is 3.56. The van der Waals surface area contributed by atoms with E-state index in [9.17, 15) is 9.18 Å². The standard InChI is InChI=1S/C14H14FN3OS/c1-7(12-13(19)18-14(16-2)20-12)8-6-17-10-5-3-4-9(15)11(8)10/h3-7,12,17H,1-2H3,(H,16,18,19). The number of nitrogens with zero attached hydrogens (tertiary/aromatic N) is 1. The van der Waals surface area contributed by atoms with Crippen molar-refractivity contribution in [1.29, 1.82) is 0 Å². The van der Waals surface area contributed by atoms with Crippen molar-refractivity contribution in [3.8, 4) is 0 Å². The molecular formula is C14H14FN3OS. The number of rotatable bonds is 2. The summed E-state index contributed by atoms with van der Waals surface area (Å²) in [5.41, 5.74) is 1.57. The van der Waals surface area contributed by atoms with Gasteiger partial charge in [0.1, 0.15) is 5.82 Å².